The molecule has 2 N–H and O–H groups in total. The molecule has 0 unspecified atom stereocenters. The molecule has 3 amide bonds. The predicted octanol–water partition coefficient (Wildman–Crippen LogP) is 3.03. The minimum absolute atomic E-state index is 0.131. The van der Waals surface area contributed by atoms with Gasteiger partial charge in [0.1, 0.15) is 17.4 Å². The van der Waals surface area contributed by atoms with Gasteiger partial charge in [-0.1, -0.05) is 38.3 Å². The van der Waals surface area contributed by atoms with E-state index in [1.54, 1.807) is 29.2 Å². The molecule has 8 heteroatoms. The Hall–Kier alpha value is -2.87. The van der Waals surface area contributed by atoms with E-state index in [1.165, 1.54) is 6.42 Å². The molecule has 5 atom stereocenters. The van der Waals surface area contributed by atoms with Gasteiger partial charge in [-0.15, -0.1) is 0 Å². The number of ether oxygens (including phenoxy) is 2. The summed E-state index contributed by atoms with van der Waals surface area (Å²) in [5, 5.41) is 6.15. The quantitative estimate of drug-likeness (QED) is 0.557. The number of anilines is 1. The predicted molar refractivity (Wildman–Crippen MR) is 131 cm³/mol. The summed E-state index contributed by atoms with van der Waals surface area (Å²) in [5.41, 5.74) is -0.474. The maximum absolute atomic E-state index is 13.7. The van der Waals surface area contributed by atoms with Gasteiger partial charge in [-0.3, -0.25) is 14.4 Å². The molecule has 35 heavy (non-hydrogen) atoms. The van der Waals surface area contributed by atoms with Crippen LogP contribution in [-0.4, -0.2) is 59.6 Å². The van der Waals surface area contributed by atoms with Gasteiger partial charge >= 0.3 is 0 Å². The van der Waals surface area contributed by atoms with Crippen molar-refractivity contribution >= 4 is 23.4 Å². The van der Waals surface area contributed by atoms with E-state index in [1.807, 2.05) is 26.0 Å². The minimum Gasteiger partial charge on any atom is -0.494 e. The monoisotopic (exact) mass is 481 g/mol. The van der Waals surface area contributed by atoms with E-state index >= 15 is 0 Å². The number of carbonyl (C=O) groups excluding carboxylic acids is 3. The smallest absolute Gasteiger partial charge is 0.246 e. The van der Waals surface area contributed by atoms with Crippen molar-refractivity contribution in [2.75, 3.05) is 18.5 Å². The highest BCUT2D eigenvalue weighted by Crippen LogP contribution is 2.55. The van der Waals surface area contributed by atoms with Crippen LogP contribution >= 0.6 is 0 Å². The van der Waals surface area contributed by atoms with Gasteiger partial charge in [0.2, 0.25) is 17.7 Å². The van der Waals surface area contributed by atoms with Crippen molar-refractivity contribution < 1.29 is 23.9 Å². The number of likely N-dealkylation sites (tertiary alicyclic amines) is 1. The standard InChI is InChI=1S/C27H35N3O5/c1-3-16-30-23(25(32)29-17-8-6-5-7-9-17)27-15-14-20(35-27)21(22(27)26(30)33)24(31)28-18-10-12-19(13-11-18)34-4-2/h10-15,17,20-23H,3-9,16H2,1-2H3,(H,28,31)(H,29,32)/t20-,21+,22-,23+,27-/m0/s1. The lowest BCUT2D eigenvalue weighted by Crippen LogP contribution is -2.56. The molecular weight excluding hydrogens is 446 g/mol. The average Bonchev–Trinajstić information content (AvgIpc) is 3.49. The van der Waals surface area contributed by atoms with Crippen molar-refractivity contribution in [1.82, 2.24) is 10.2 Å². The molecule has 5 rings (SSSR count). The third-order valence-electron chi connectivity index (χ3n) is 7.77. The molecule has 0 radical (unpaired) electrons. The van der Waals surface area contributed by atoms with Crippen molar-refractivity contribution in [2.24, 2.45) is 11.8 Å². The molecule has 1 saturated carbocycles. The molecule has 8 nitrogen and oxygen atoms in total. The fourth-order valence-electron chi connectivity index (χ4n) is 6.30. The Balaban J connectivity index is 1.38. The Morgan fingerprint density at radius 1 is 1.11 bits per heavy atom. The van der Waals surface area contributed by atoms with Crippen molar-refractivity contribution in [1.29, 1.82) is 0 Å². The summed E-state index contributed by atoms with van der Waals surface area (Å²) in [6.07, 6.45) is 9.23. The summed E-state index contributed by atoms with van der Waals surface area (Å²) in [6, 6.07) is 6.53. The van der Waals surface area contributed by atoms with Crippen molar-refractivity contribution in [3.05, 3.63) is 36.4 Å². The van der Waals surface area contributed by atoms with Gasteiger partial charge in [-0.05, 0) is 50.5 Å². The van der Waals surface area contributed by atoms with E-state index in [0.29, 0.717) is 18.8 Å². The largest absolute Gasteiger partial charge is 0.494 e. The molecule has 4 aliphatic rings. The number of hydrogen-bond acceptors (Lipinski definition) is 5. The van der Waals surface area contributed by atoms with Crippen LogP contribution in [0.4, 0.5) is 5.69 Å². The first-order valence-corrected chi connectivity index (χ1v) is 13.0. The lowest BCUT2D eigenvalue weighted by Gasteiger charge is -2.34. The van der Waals surface area contributed by atoms with Gasteiger partial charge in [0.15, 0.2) is 0 Å². The molecule has 3 heterocycles. The second-order valence-electron chi connectivity index (χ2n) is 10.0. The number of benzene rings is 1. The topological polar surface area (TPSA) is 97.0 Å². The summed E-state index contributed by atoms with van der Waals surface area (Å²) in [5.74, 6) is -1.29. The third-order valence-corrected chi connectivity index (χ3v) is 7.77. The molecule has 3 aliphatic heterocycles. The van der Waals surface area contributed by atoms with Gasteiger partial charge in [0.05, 0.1) is 24.5 Å². The van der Waals surface area contributed by atoms with E-state index in [4.69, 9.17) is 9.47 Å². The van der Waals surface area contributed by atoms with Gasteiger partial charge in [-0.2, -0.15) is 0 Å². The van der Waals surface area contributed by atoms with Crippen LogP contribution in [-0.2, 0) is 19.1 Å². The Kier molecular flexibility index (Phi) is 6.57. The van der Waals surface area contributed by atoms with Crippen molar-refractivity contribution in [2.45, 2.75) is 76.2 Å². The van der Waals surface area contributed by atoms with Crippen LogP contribution in [0.2, 0.25) is 0 Å². The highest BCUT2D eigenvalue weighted by atomic mass is 16.5. The molecule has 2 saturated heterocycles. The number of carbonyl (C=O) groups is 3. The lowest BCUT2D eigenvalue weighted by molar-refractivity contribution is -0.141. The number of nitrogens with one attached hydrogen (secondary N) is 2. The first kappa shape index (κ1) is 23.9. The molecule has 2 bridgehead atoms. The first-order chi connectivity index (χ1) is 17.0. The van der Waals surface area contributed by atoms with Gasteiger partial charge < -0.3 is 25.0 Å². The molecular formula is C27H35N3O5. The summed E-state index contributed by atoms with van der Waals surface area (Å²) in [7, 11) is 0. The Morgan fingerprint density at radius 2 is 1.86 bits per heavy atom. The Labute approximate surface area is 206 Å². The molecule has 1 aromatic carbocycles. The highest BCUT2D eigenvalue weighted by molar-refractivity contribution is 6.02. The summed E-state index contributed by atoms with van der Waals surface area (Å²) in [6.45, 7) is 4.92. The second kappa shape index (κ2) is 9.64. The zero-order valence-electron chi connectivity index (χ0n) is 20.5. The maximum atomic E-state index is 13.7. The summed E-state index contributed by atoms with van der Waals surface area (Å²) in [4.78, 5) is 42.4. The van der Waals surface area contributed by atoms with Crippen LogP contribution in [0, 0.1) is 11.8 Å². The molecule has 1 aliphatic carbocycles. The van der Waals surface area contributed by atoms with Crippen molar-refractivity contribution in [3.8, 4) is 5.75 Å². The van der Waals surface area contributed by atoms with Crippen LogP contribution in [0.3, 0.4) is 0 Å². The maximum Gasteiger partial charge on any atom is 0.246 e. The number of rotatable bonds is 8. The second-order valence-corrected chi connectivity index (χ2v) is 10.0. The summed E-state index contributed by atoms with van der Waals surface area (Å²) >= 11 is 0. The van der Waals surface area contributed by atoms with E-state index in [2.05, 4.69) is 10.6 Å². The van der Waals surface area contributed by atoms with Crippen LogP contribution in [0.5, 0.6) is 5.75 Å². The highest BCUT2D eigenvalue weighted by Gasteiger charge is 2.72. The fourth-order valence-corrected chi connectivity index (χ4v) is 6.30. The average molecular weight is 482 g/mol. The lowest BCUT2D eigenvalue weighted by atomic mass is 9.74. The van der Waals surface area contributed by atoms with E-state index in [0.717, 1.165) is 37.9 Å². The minimum atomic E-state index is -1.10. The zero-order valence-corrected chi connectivity index (χ0v) is 20.5. The van der Waals surface area contributed by atoms with Crippen LogP contribution in [0.15, 0.2) is 36.4 Å². The molecule has 1 aromatic rings. The van der Waals surface area contributed by atoms with Gasteiger partial charge in [-0.25, -0.2) is 0 Å². The summed E-state index contributed by atoms with van der Waals surface area (Å²) < 4.78 is 11.8. The number of fused-ring (bicyclic) bond motifs is 1. The first-order valence-electron chi connectivity index (χ1n) is 13.0. The number of amides is 3. The fraction of sp³-hybridized carbons (Fsp3) is 0.593. The van der Waals surface area contributed by atoms with Crippen LogP contribution in [0.25, 0.3) is 0 Å². The zero-order chi connectivity index (χ0) is 24.6. The van der Waals surface area contributed by atoms with Gasteiger partial charge in [0.25, 0.3) is 0 Å². The van der Waals surface area contributed by atoms with Gasteiger partial charge in [0, 0.05) is 18.3 Å². The Morgan fingerprint density at radius 3 is 2.54 bits per heavy atom. The Bertz CT molecular complexity index is 1000. The number of nitrogens with zero attached hydrogens (tertiary/aromatic N) is 1. The molecule has 1 spiro atoms. The third kappa shape index (κ3) is 4.11. The van der Waals surface area contributed by atoms with E-state index < -0.39 is 29.6 Å². The molecule has 0 aromatic heterocycles. The normalized spacial score (nSPS) is 31.5. The van der Waals surface area contributed by atoms with Crippen molar-refractivity contribution in [3.63, 3.8) is 0 Å². The van der Waals surface area contributed by atoms with E-state index in [-0.39, 0.29) is 23.8 Å². The van der Waals surface area contributed by atoms with Crippen LogP contribution in [0.1, 0.15) is 52.4 Å². The van der Waals surface area contributed by atoms with Crippen LogP contribution < -0.4 is 15.4 Å². The SMILES string of the molecule is CCCN1C(=O)[C@@H]2[C@H](C(=O)Nc3ccc(OCC)cc3)[C@@H]3C=C[C@@]2(O3)[C@H]1C(=O)NC1CCCCC1. The number of hydrogen-bond donors (Lipinski definition) is 2. The van der Waals surface area contributed by atoms with E-state index in [9.17, 15) is 14.4 Å². The molecule has 3 fully saturated rings. The molecule has 188 valence electrons.